The highest BCUT2D eigenvalue weighted by molar-refractivity contribution is 6.33. The van der Waals surface area contributed by atoms with Gasteiger partial charge in [-0.25, -0.2) is 15.0 Å². The van der Waals surface area contributed by atoms with Crippen molar-refractivity contribution in [2.45, 2.75) is 6.92 Å². The van der Waals surface area contributed by atoms with E-state index in [2.05, 4.69) is 15.0 Å². The number of halogens is 1. The van der Waals surface area contributed by atoms with Crippen LogP contribution in [0.25, 0.3) is 28.1 Å². The molecule has 1 N–H and O–H groups in total. The van der Waals surface area contributed by atoms with E-state index in [1.165, 1.54) is 0 Å². The van der Waals surface area contributed by atoms with Gasteiger partial charge in [-0.1, -0.05) is 11.6 Å². The van der Waals surface area contributed by atoms with Gasteiger partial charge in [-0.05, 0) is 37.3 Å². The number of benzene rings is 1. The van der Waals surface area contributed by atoms with Gasteiger partial charge < -0.3 is 9.84 Å². The van der Waals surface area contributed by atoms with E-state index in [-0.39, 0.29) is 13.2 Å². The van der Waals surface area contributed by atoms with Gasteiger partial charge in [-0.3, -0.25) is 4.40 Å². The number of hydrogen-bond donors (Lipinski definition) is 1. The Morgan fingerprint density at radius 1 is 1.24 bits per heavy atom. The van der Waals surface area contributed by atoms with Gasteiger partial charge in [0.1, 0.15) is 23.7 Å². The number of aliphatic hydroxyl groups is 1. The molecular formula is C18H15ClN4O2. The standard InChI is InChI=1S/C18H15ClN4O2/c1-11-16-10-21-17(23(16)18-15(22-11)3-2-6-20-18)13-9-12(25-8-7-24)4-5-14(13)19/h2-6,9-10,24H,7-8H2,1H3. The first-order chi connectivity index (χ1) is 12.2. The maximum atomic E-state index is 8.94. The van der Waals surface area contributed by atoms with E-state index >= 15 is 0 Å². The van der Waals surface area contributed by atoms with Crippen LogP contribution in [0.2, 0.25) is 5.02 Å². The summed E-state index contributed by atoms with van der Waals surface area (Å²) in [5.41, 5.74) is 3.97. The second kappa shape index (κ2) is 6.31. The minimum Gasteiger partial charge on any atom is -0.491 e. The Bertz CT molecular complexity index is 1080. The van der Waals surface area contributed by atoms with Gasteiger partial charge in [0, 0.05) is 11.8 Å². The number of nitrogens with zero attached hydrogens (tertiary/aromatic N) is 4. The number of imidazole rings is 1. The van der Waals surface area contributed by atoms with Crippen LogP contribution in [-0.2, 0) is 0 Å². The fraction of sp³-hybridized carbons (Fsp3) is 0.167. The minimum atomic E-state index is -0.0519. The molecule has 0 amide bonds. The van der Waals surface area contributed by atoms with Crippen molar-refractivity contribution in [1.82, 2.24) is 19.4 Å². The van der Waals surface area contributed by atoms with Crippen molar-refractivity contribution in [2.24, 2.45) is 0 Å². The Morgan fingerprint density at radius 2 is 2.12 bits per heavy atom. The van der Waals surface area contributed by atoms with Crippen molar-refractivity contribution in [3.05, 3.63) is 53.4 Å². The summed E-state index contributed by atoms with van der Waals surface area (Å²) < 4.78 is 7.45. The van der Waals surface area contributed by atoms with E-state index in [9.17, 15) is 0 Å². The van der Waals surface area contributed by atoms with Crippen LogP contribution in [0.15, 0.2) is 42.7 Å². The van der Waals surface area contributed by atoms with Crippen LogP contribution in [0, 0.1) is 6.92 Å². The van der Waals surface area contributed by atoms with Gasteiger partial charge in [0.25, 0.3) is 0 Å². The van der Waals surface area contributed by atoms with Crippen molar-refractivity contribution in [1.29, 1.82) is 0 Å². The molecule has 0 spiro atoms. The van der Waals surface area contributed by atoms with Gasteiger partial charge in [0.05, 0.1) is 29.0 Å². The molecule has 126 valence electrons. The third kappa shape index (κ3) is 2.69. The summed E-state index contributed by atoms with van der Waals surface area (Å²) in [5.74, 6) is 1.29. The second-order valence-corrected chi connectivity index (χ2v) is 5.97. The topological polar surface area (TPSA) is 72.5 Å². The first-order valence-corrected chi connectivity index (χ1v) is 8.19. The molecule has 3 heterocycles. The molecule has 6 nitrogen and oxygen atoms in total. The summed E-state index contributed by atoms with van der Waals surface area (Å²) in [7, 11) is 0. The summed E-state index contributed by atoms with van der Waals surface area (Å²) in [6.07, 6.45) is 3.49. The molecule has 7 heteroatoms. The molecule has 4 rings (SSSR count). The molecule has 0 fully saturated rings. The molecule has 0 saturated heterocycles. The molecular weight excluding hydrogens is 340 g/mol. The van der Waals surface area contributed by atoms with Crippen LogP contribution in [-0.4, -0.2) is 37.7 Å². The lowest BCUT2D eigenvalue weighted by molar-refractivity contribution is 0.201. The van der Waals surface area contributed by atoms with E-state index in [1.54, 1.807) is 24.5 Å². The van der Waals surface area contributed by atoms with Gasteiger partial charge >= 0.3 is 0 Å². The van der Waals surface area contributed by atoms with Gasteiger partial charge in [0.15, 0.2) is 5.65 Å². The highest BCUT2D eigenvalue weighted by atomic mass is 35.5. The highest BCUT2D eigenvalue weighted by Crippen LogP contribution is 2.32. The first kappa shape index (κ1) is 15.8. The lowest BCUT2D eigenvalue weighted by Gasteiger charge is -2.10. The molecule has 0 saturated carbocycles. The Kier molecular flexibility index (Phi) is 3.99. The molecule has 0 aliphatic carbocycles. The third-order valence-corrected chi connectivity index (χ3v) is 4.27. The highest BCUT2D eigenvalue weighted by Gasteiger charge is 2.16. The van der Waals surface area contributed by atoms with E-state index in [0.29, 0.717) is 22.2 Å². The zero-order valence-corrected chi connectivity index (χ0v) is 14.2. The van der Waals surface area contributed by atoms with Crippen LogP contribution in [0.3, 0.4) is 0 Å². The fourth-order valence-corrected chi connectivity index (χ4v) is 3.03. The summed E-state index contributed by atoms with van der Waals surface area (Å²) in [6.45, 7) is 2.11. The predicted molar refractivity (Wildman–Crippen MR) is 96.1 cm³/mol. The van der Waals surface area contributed by atoms with Crippen molar-refractivity contribution in [2.75, 3.05) is 13.2 Å². The van der Waals surface area contributed by atoms with Gasteiger partial charge in [-0.15, -0.1) is 0 Å². The lowest BCUT2D eigenvalue weighted by Crippen LogP contribution is -2.02. The predicted octanol–water partition coefficient (Wildman–Crippen LogP) is 3.28. The SMILES string of the molecule is Cc1nc2cccnc2n2c(-c3cc(OCCO)ccc3Cl)ncc12. The average molecular weight is 355 g/mol. The monoisotopic (exact) mass is 354 g/mol. The fourth-order valence-electron chi connectivity index (χ4n) is 2.83. The molecule has 0 radical (unpaired) electrons. The quantitative estimate of drug-likeness (QED) is 0.609. The number of fused-ring (bicyclic) bond motifs is 3. The van der Waals surface area contributed by atoms with Crippen LogP contribution >= 0.6 is 11.6 Å². The van der Waals surface area contributed by atoms with E-state index in [0.717, 1.165) is 22.3 Å². The molecule has 0 bridgehead atoms. The third-order valence-electron chi connectivity index (χ3n) is 3.94. The van der Waals surface area contributed by atoms with Crippen molar-refractivity contribution >= 4 is 28.3 Å². The number of aliphatic hydroxyl groups excluding tert-OH is 1. The average Bonchev–Trinajstić information content (AvgIpc) is 3.07. The lowest BCUT2D eigenvalue weighted by atomic mass is 10.2. The summed E-state index contributed by atoms with van der Waals surface area (Å²) >= 11 is 6.42. The molecule has 0 aliphatic heterocycles. The Labute approximate surface area is 148 Å². The molecule has 0 aliphatic rings. The molecule has 1 aromatic carbocycles. The molecule has 0 atom stereocenters. The Hall–Kier alpha value is -2.70. The smallest absolute Gasteiger partial charge is 0.164 e. The maximum absolute atomic E-state index is 8.94. The largest absolute Gasteiger partial charge is 0.491 e. The summed E-state index contributed by atoms with van der Waals surface area (Å²) in [5, 5.41) is 9.50. The number of rotatable bonds is 4. The summed E-state index contributed by atoms with van der Waals surface area (Å²) in [4.78, 5) is 13.6. The number of aryl methyl sites for hydroxylation is 1. The molecule has 4 aromatic rings. The first-order valence-electron chi connectivity index (χ1n) is 7.81. The van der Waals surface area contributed by atoms with Crippen molar-refractivity contribution < 1.29 is 9.84 Å². The zero-order chi connectivity index (χ0) is 17.4. The number of hydrogen-bond acceptors (Lipinski definition) is 5. The van der Waals surface area contributed by atoms with Crippen LogP contribution < -0.4 is 4.74 Å². The maximum Gasteiger partial charge on any atom is 0.164 e. The summed E-state index contributed by atoms with van der Waals surface area (Å²) in [6, 6.07) is 9.11. The van der Waals surface area contributed by atoms with Crippen LogP contribution in [0.5, 0.6) is 5.75 Å². The van der Waals surface area contributed by atoms with E-state index in [1.807, 2.05) is 29.5 Å². The second-order valence-electron chi connectivity index (χ2n) is 5.56. The number of ether oxygens (including phenoxy) is 1. The van der Waals surface area contributed by atoms with E-state index < -0.39 is 0 Å². The number of pyridine rings is 1. The molecule has 3 aromatic heterocycles. The van der Waals surface area contributed by atoms with Crippen molar-refractivity contribution in [3.8, 4) is 17.1 Å². The van der Waals surface area contributed by atoms with Gasteiger partial charge in [-0.2, -0.15) is 0 Å². The van der Waals surface area contributed by atoms with Crippen LogP contribution in [0.4, 0.5) is 0 Å². The molecule has 0 unspecified atom stereocenters. The zero-order valence-electron chi connectivity index (χ0n) is 13.5. The Morgan fingerprint density at radius 3 is 2.96 bits per heavy atom. The molecule has 25 heavy (non-hydrogen) atoms. The minimum absolute atomic E-state index is 0.0519. The van der Waals surface area contributed by atoms with Crippen molar-refractivity contribution in [3.63, 3.8) is 0 Å². The Balaban J connectivity index is 1.99. The van der Waals surface area contributed by atoms with Gasteiger partial charge in [0.2, 0.25) is 0 Å². The normalized spacial score (nSPS) is 11.3. The van der Waals surface area contributed by atoms with Crippen LogP contribution in [0.1, 0.15) is 5.69 Å². The number of aromatic nitrogens is 4. The van der Waals surface area contributed by atoms with E-state index in [4.69, 9.17) is 21.4 Å².